The van der Waals surface area contributed by atoms with E-state index in [0.29, 0.717) is 11.4 Å². The SMILES string of the molecule is CCc1cc(C(=O)O[N+](=O)[O-])ccc1Cl. The van der Waals surface area contributed by atoms with Crippen molar-refractivity contribution in [3.05, 3.63) is 44.5 Å². The zero-order valence-electron chi connectivity index (χ0n) is 7.90. The number of aryl methyl sites for hydroxylation is 1. The molecule has 1 aromatic rings. The number of hydrogen-bond donors (Lipinski definition) is 0. The summed E-state index contributed by atoms with van der Waals surface area (Å²) in [6, 6.07) is 4.37. The molecule has 1 rings (SSSR count). The van der Waals surface area contributed by atoms with Gasteiger partial charge < -0.3 is 0 Å². The summed E-state index contributed by atoms with van der Waals surface area (Å²) in [6.07, 6.45) is 0.637. The lowest BCUT2D eigenvalue weighted by atomic mass is 10.1. The van der Waals surface area contributed by atoms with Crippen molar-refractivity contribution in [3.63, 3.8) is 0 Å². The number of rotatable bonds is 3. The maximum absolute atomic E-state index is 11.1. The molecule has 0 atom stereocenters. The molecule has 0 radical (unpaired) electrons. The Hall–Kier alpha value is -1.62. The van der Waals surface area contributed by atoms with E-state index >= 15 is 0 Å². The van der Waals surface area contributed by atoms with Crippen molar-refractivity contribution in [2.24, 2.45) is 0 Å². The molecule has 0 aliphatic carbocycles. The molecule has 0 heterocycles. The van der Waals surface area contributed by atoms with Crippen molar-refractivity contribution < 1.29 is 14.7 Å². The van der Waals surface area contributed by atoms with Crippen molar-refractivity contribution in [1.29, 1.82) is 0 Å². The molecule has 15 heavy (non-hydrogen) atoms. The van der Waals surface area contributed by atoms with Gasteiger partial charge in [-0.3, -0.25) is 4.79 Å². The van der Waals surface area contributed by atoms with Crippen molar-refractivity contribution >= 4 is 17.6 Å². The van der Waals surface area contributed by atoms with Gasteiger partial charge >= 0.3 is 11.1 Å². The van der Waals surface area contributed by atoms with E-state index in [9.17, 15) is 14.9 Å². The van der Waals surface area contributed by atoms with Gasteiger partial charge in [-0.1, -0.05) is 18.5 Å². The van der Waals surface area contributed by atoms with Crippen LogP contribution < -0.4 is 0 Å². The quantitative estimate of drug-likeness (QED) is 0.589. The minimum atomic E-state index is -1.14. The topological polar surface area (TPSA) is 69.4 Å². The highest BCUT2D eigenvalue weighted by Gasteiger charge is 2.12. The second kappa shape index (κ2) is 4.75. The van der Waals surface area contributed by atoms with Crippen molar-refractivity contribution in [2.75, 3.05) is 0 Å². The number of carbonyl (C=O) groups is 1. The van der Waals surface area contributed by atoms with Gasteiger partial charge in [-0.05, 0) is 30.2 Å². The molecule has 0 saturated carbocycles. The van der Waals surface area contributed by atoms with Crippen LogP contribution in [0.2, 0.25) is 5.02 Å². The molecule has 0 aliphatic heterocycles. The number of carbonyl (C=O) groups excluding carboxylic acids is 1. The molecule has 0 saturated heterocycles. The summed E-state index contributed by atoms with van der Waals surface area (Å²) in [5.41, 5.74) is 0.863. The molecule has 80 valence electrons. The molecule has 0 spiro atoms. The zero-order valence-corrected chi connectivity index (χ0v) is 8.65. The molecular formula is C9H8ClNO4. The van der Waals surface area contributed by atoms with Crippen LogP contribution in [0.15, 0.2) is 18.2 Å². The molecule has 0 aromatic heterocycles. The van der Waals surface area contributed by atoms with Gasteiger partial charge in [0.15, 0.2) is 0 Å². The van der Waals surface area contributed by atoms with Gasteiger partial charge in [0, 0.05) is 10.6 Å². The van der Waals surface area contributed by atoms with Gasteiger partial charge in [0.1, 0.15) is 0 Å². The number of hydrogen-bond acceptors (Lipinski definition) is 4. The molecular weight excluding hydrogens is 222 g/mol. The molecule has 0 amide bonds. The first-order chi connectivity index (χ1) is 7.04. The van der Waals surface area contributed by atoms with Crippen LogP contribution in [0.5, 0.6) is 0 Å². The van der Waals surface area contributed by atoms with Gasteiger partial charge in [0.2, 0.25) is 0 Å². The summed E-state index contributed by atoms with van der Waals surface area (Å²) in [6.45, 7) is 1.86. The lowest BCUT2D eigenvalue weighted by Crippen LogP contribution is -2.10. The van der Waals surface area contributed by atoms with Crippen LogP contribution >= 0.6 is 11.6 Å². The second-order valence-corrected chi connectivity index (χ2v) is 3.17. The molecule has 6 heteroatoms. The first-order valence-corrected chi connectivity index (χ1v) is 4.57. The summed E-state index contributed by atoms with van der Waals surface area (Å²) in [5, 5.41) is 9.33. The average Bonchev–Trinajstić information content (AvgIpc) is 2.17. The highest BCUT2D eigenvalue weighted by atomic mass is 35.5. The fourth-order valence-electron chi connectivity index (χ4n) is 1.09. The second-order valence-electron chi connectivity index (χ2n) is 2.76. The third kappa shape index (κ3) is 2.92. The number of benzene rings is 1. The zero-order chi connectivity index (χ0) is 11.4. The fourth-order valence-corrected chi connectivity index (χ4v) is 1.34. The van der Waals surface area contributed by atoms with Gasteiger partial charge in [0.25, 0.3) is 0 Å². The lowest BCUT2D eigenvalue weighted by molar-refractivity contribution is -0.727. The summed E-state index contributed by atoms with van der Waals surface area (Å²) in [5.74, 6) is -0.994. The van der Waals surface area contributed by atoms with Crippen LogP contribution in [0, 0.1) is 10.1 Å². The van der Waals surface area contributed by atoms with Crippen LogP contribution in [0.1, 0.15) is 22.8 Å². The Balaban J connectivity index is 2.95. The Morgan fingerprint density at radius 1 is 1.60 bits per heavy atom. The van der Waals surface area contributed by atoms with Crippen LogP contribution in [0.3, 0.4) is 0 Å². The van der Waals surface area contributed by atoms with Gasteiger partial charge in [-0.2, -0.15) is 0 Å². The number of halogens is 1. The molecule has 0 unspecified atom stereocenters. The number of nitrogens with zero attached hydrogens (tertiary/aromatic N) is 1. The highest BCUT2D eigenvalue weighted by Crippen LogP contribution is 2.18. The van der Waals surface area contributed by atoms with E-state index in [1.807, 2.05) is 6.92 Å². The third-order valence-electron chi connectivity index (χ3n) is 1.82. The van der Waals surface area contributed by atoms with E-state index in [-0.39, 0.29) is 5.56 Å². The van der Waals surface area contributed by atoms with E-state index in [1.54, 1.807) is 0 Å². The minimum absolute atomic E-state index is 0.118. The van der Waals surface area contributed by atoms with E-state index in [0.717, 1.165) is 5.56 Å². The van der Waals surface area contributed by atoms with Crippen LogP contribution in [0.25, 0.3) is 0 Å². The van der Waals surface area contributed by atoms with Gasteiger partial charge in [-0.25, -0.2) is 4.84 Å². The van der Waals surface area contributed by atoms with E-state index in [1.165, 1.54) is 18.2 Å². The molecule has 0 aliphatic rings. The average molecular weight is 230 g/mol. The van der Waals surface area contributed by atoms with Crippen LogP contribution in [-0.2, 0) is 11.3 Å². The van der Waals surface area contributed by atoms with Gasteiger partial charge in [0.05, 0.1) is 0 Å². The molecule has 5 nitrogen and oxygen atoms in total. The summed E-state index contributed by atoms with van der Waals surface area (Å²) in [4.78, 5) is 24.9. The summed E-state index contributed by atoms with van der Waals surface area (Å²) < 4.78 is 0. The predicted molar refractivity (Wildman–Crippen MR) is 53.2 cm³/mol. The van der Waals surface area contributed by atoms with Crippen molar-refractivity contribution in [3.8, 4) is 0 Å². The Labute approximate surface area is 90.7 Å². The fraction of sp³-hybridized carbons (Fsp3) is 0.222. The Morgan fingerprint density at radius 3 is 2.80 bits per heavy atom. The standard InChI is InChI=1S/C9H8ClNO4/c1-2-6-5-7(3-4-8(6)10)9(12)15-11(13)14/h3-5H,2H2,1H3. The maximum Gasteiger partial charge on any atom is 0.334 e. The first kappa shape index (κ1) is 11.5. The summed E-state index contributed by atoms with van der Waals surface area (Å²) >= 11 is 5.82. The molecule has 0 fully saturated rings. The first-order valence-electron chi connectivity index (χ1n) is 4.19. The van der Waals surface area contributed by atoms with Crippen molar-refractivity contribution in [1.82, 2.24) is 0 Å². The van der Waals surface area contributed by atoms with Crippen LogP contribution in [-0.4, -0.2) is 11.1 Å². The lowest BCUT2D eigenvalue weighted by Gasteiger charge is -2.03. The third-order valence-corrected chi connectivity index (χ3v) is 2.19. The van der Waals surface area contributed by atoms with Crippen molar-refractivity contribution in [2.45, 2.75) is 13.3 Å². The van der Waals surface area contributed by atoms with Crippen LogP contribution in [0.4, 0.5) is 0 Å². The highest BCUT2D eigenvalue weighted by molar-refractivity contribution is 6.31. The minimum Gasteiger partial charge on any atom is -0.263 e. The Kier molecular flexibility index (Phi) is 3.62. The Bertz CT molecular complexity index is 405. The Morgan fingerprint density at radius 2 is 2.27 bits per heavy atom. The largest absolute Gasteiger partial charge is 0.334 e. The van der Waals surface area contributed by atoms with Gasteiger partial charge in [-0.15, -0.1) is 10.1 Å². The maximum atomic E-state index is 11.1. The summed E-state index contributed by atoms with van der Waals surface area (Å²) in [7, 11) is 0. The molecule has 1 aromatic carbocycles. The molecule has 0 N–H and O–H groups in total. The van der Waals surface area contributed by atoms with E-state index in [2.05, 4.69) is 4.84 Å². The van der Waals surface area contributed by atoms with E-state index in [4.69, 9.17) is 11.6 Å². The smallest absolute Gasteiger partial charge is 0.263 e. The molecule has 0 bridgehead atoms. The monoisotopic (exact) mass is 229 g/mol. The predicted octanol–water partition coefficient (Wildman–Crippen LogP) is 2.25. The normalized spacial score (nSPS) is 9.73. The van der Waals surface area contributed by atoms with E-state index < -0.39 is 11.1 Å².